The normalized spacial score (nSPS) is 11.9. The lowest BCUT2D eigenvalue weighted by atomic mass is 10.2. The van der Waals surface area contributed by atoms with Crippen molar-refractivity contribution in [2.24, 2.45) is 35.5 Å². The van der Waals surface area contributed by atoms with Crippen molar-refractivity contribution in [2.75, 3.05) is 0 Å². The number of alkyl halides is 11. The van der Waals surface area contributed by atoms with Crippen LogP contribution in [0, 0.1) is 35.5 Å². The van der Waals surface area contributed by atoms with E-state index in [1.54, 1.807) is 6.92 Å². The number of hydrogen-bond acceptors (Lipinski definition) is 0. The van der Waals surface area contributed by atoms with Gasteiger partial charge in [0, 0.05) is 39.8 Å². The summed E-state index contributed by atoms with van der Waals surface area (Å²) in [4.78, 5) is 0. The summed E-state index contributed by atoms with van der Waals surface area (Å²) >= 11 is 0. The van der Waals surface area contributed by atoms with E-state index in [1.807, 2.05) is 48.5 Å². The summed E-state index contributed by atoms with van der Waals surface area (Å²) in [7, 11) is 0. The Morgan fingerprint density at radius 1 is 0.319 bits per heavy atom. The van der Waals surface area contributed by atoms with Gasteiger partial charge in [-0.2, -0.15) is 39.5 Å². The Labute approximate surface area is 439 Å². The first kappa shape index (κ1) is 85.0. The summed E-state index contributed by atoms with van der Waals surface area (Å²) < 4.78 is 163. The van der Waals surface area contributed by atoms with Crippen LogP contribution in [-0.2, 0) is 0 Å². The fraction of sp³-hybridized carbons (Fsp3) is 1.00. The SMILES string of the molecule is CC(C)C.CC(C)C.CC(C)C.CC(C)C(F)(F)F.CCC(F)(F)CC.CCC(F)(F)F.CCCC.CCCCC.CCCCC.CCCCC.[2H]C(C)(C)C.[2H]C(C)(C)C.[2H]C([2H])(C)C(F)(F)F.[2H]C([2H])(C)CC. The maximum Gasteiger partial charge on any atom is 0.391 e. The summed E-state index contributed by atoms with van der Waals surface area (Å²) in [5, 5.41) is 0. The van der Waals surface area contributed by atoms with Gasteiger partial charge in [-0.05, 0) is 29.5 Å². The van der Waals surface area contributed by atoms with Gasteiger partial charge < -0.3 is 0 Å². The van der Waals surface area contributed by atoms with E-state index >= 15 is 0 Å². The molecule has 0 fully saturated rings. The lowest BCUT2D eigenvalue weighted by Gasteiger charge is -2.08. The molecule has 0 N–H and O–H groups in total. The molecule has 0 unspecified atom stereocenters. The van der Waals surface area contributed by atoms with Crippen LogP contribution in [0.5, 0.6) is 0 Å². The third-order valence-corrected chi connectivity index (χ3v) is 5.35. The molecule has 0 amide bonds. The van der Waals surface area contributed by atoms with E-state index in [0.717, 1.165) is 38.5 Å². The Balaban J connectivity index is -0.0000000448. The molecule has 11 heteroatoms. The zero-order chi connectivity index (χ0) is 64.9. The Hall–Kier alpha value is -0.770. The molecular weight excluding hydrogens is 906 g/mol. The van der Waals surface area contributed by atoms with Gasteiger partial charge in [0.2, 0.25) is 5.92 Å². The van der Waals surface area contributed by atoms with E-state index in [9.17, 15) is 48.3 Å². The molecule has 0 atom stereocenters. The highest BCUT2D eigenvalue weighted by Crippen LogP contribution is 2.24. The number of hydrogen-bond donors (Lipinski definition) is 0. The van der Waals surface area contributed by atoms with Crippen LogP contribution in [0.1, 0.15) is 332 Å². The predicted molar refractivity (Wildman–Crippen MR) is 298 cm³/mol. The lowest BCUT2D eigenvalue weighted by molar-refractivity contribution is -0.164. The van der Waals surface area contributed by atoms with Crippen LogP contribution in [0.15, 0.2) is 0 Å². The van der Waals surface area contributed by atoms with E-state index in [1.165, 1.54) is 84.5 Å². The molecule has 0 aliphatic heterocycles. The molecule has 0 aliphatic carbocycles. The Kier molecular flexibility index (Phi) is 107. The van der Waals surface area contributed by atoms with E-state index < -0.39 is 49.5 Å². The fourth-order valence-corrected chi connectivity index (χ4v) is 1.31. The van der Waals surface area contributed by atoms with E-state index in [4.69, 9.17) is 8.22 Å². The highest BCUT2D eigenvalue weighted by Gasteiger charge is 2.31. The van der Waals surface area contributed by atoms with Crippen LogP contribution in [-0.4, -0.2) is 24.5 Å². The van der Waals surface area contributed by atoms with Gasteiger partial charge in [0.25, 0.3) is 0 Å². The Morgan fingerprint density at radius 2 is 0.449 bits per heavy atom. The summed E-state index contributed by atoms with van der Waals surface area (Å²) in [6.45, 7) is 58.5. The van der Waals surface area contributed by atoms with Gasteiger partial charge in [-0.15, -0.1) is 0 Å². The molecule has 0 aliphatic rings. The van der Waals surface area contributed by atoms with Crippen molar-refractivity contribution in [3.63, 3.8) is 0 Å². The molecule has 0 nitrogen and oxygen atoms in total. The van der Waals surface area contributed by atoms with Gasteiger partial charge in [0.1, 0.15) is 0 Å². The Morgan fingerprint density at radius 3 is 0.449 bits per heavy atom. The smallest absolute Gasteiger partial charge is 0.207 e. The molecule has 0 spiro atoms. The maximum atomic E-state index is 11.9. The zero-order valence-corrected chi connectivity index (χ0v) is 52.1. The molecule has 0 aromatic rings. The first-order valence-electron chi connectivity index (χ1n) is 29.4. The lowest BCUT2D eigenvalue weighted by Crippen LogP contribution is -2.15. The third-order valence-electron chi connectivity index (χ3n) is 5.35. The zero-order valence-electron chi connectivity index (χ0n) is 58.1. The maximum absolute atomic E-state index is 11.9. The number of rotatable bonds is 10. The molecule has 0 heterocycles. The fourth-order valence-electron chi connectivity index (χ4n) is 1.31. The van der Waals surface area contributed by atoms with Crippen molar-refractivity contribution in [3.8, 4) is 0 Å². The molecule has 0 bridgehead atoms. The standard InChI is InChI=1S/C5H10F2.3C5H12.C4H7F3.7C4H10.2C3H5F3/c1-3-5(6,7)4-2;3*1-3-5-4-2;1-3(2)4(5,6)7;5*1-4(2)3;2*1-3-4-2;2*1-2-3(4,5)6/h3-4H2,1-2H3;3*3-5H2,1-2H3;3H,1-2H3;5*4H,1-3H3;2*3-4H2,1-2H3;2*2H2,1H3/i;;;;;2*4D;;;;3D2;;2D2;. The van der Waals surface area contributed by atoms with E-state index in [-0.39, 0.29) is 24.6 Å². The van der Waals surface area contributed by atoms with Gasteiger partial charge in [-0.3, -0.25) is 0 Å². The molecular formula is C58H133F11. The highest BCUT2D eigenvalue weighted by atomic mass is 19.4. The van der Waals surface area contributed by atoms with Crippen molar-refractivity contribution < 1.29 is 56.5 Å². The molecule has 69 heavy (non-hydrogen) atoms. The number of halogens is 11. The molecule has 0 aromatic carbocycles. The predicted octanol–water partition coefficient (Wildman–Crippen LogP) is 27.1. The van der Waals surface area contributed by atoms with Crippen LogP contribution in [0.3, 0.4) is 0 Å². The summed E-state index contributed by atoms with van der Waals surface area (Å²) in [6, 6.07) is 0. The van der Waals surface area contributed by atoms with Crippen molar-refractivity contribution in [2.45, 2.75) is 348 Å². The van der Waals surface area contributed by atoms with Crippen LogP contribution >= 0.6 is 0 Å². The second kappa shape index (κ2) is 87.0. The highest BCUT2D eigenvalue weighted by molar-refractivity contribution is 4.58. The van der Waals surface area contributed by atoms with Crippen molar-refractivity contribution in [1.82, 2.24) is 0 Å². The molecule has 0 saturated heterocycles. The Bertz CT molecular complexity index is 826. The topological polar surface area (TPSA) is 0 Å². The quantitative estimate of drug-likeness (QED) is 0.191. The average molecular weight is 1050 g/mol. The molecule has 0 aromatic heterocycles. The molecule has 0 radical (unpaired) electrons. The second-order valence-electron chi connectivity index (χ2n) is 18.9. The van der Waals surface area contributed by atoms with Crippen molar-refractivity contribution >= 4 is 0 Å². The van der Waals surface area contributed by atoms with Crippen LogP contribution in [0.2, 0.25) is 0 Å². The van der Waals surface area contributed by atoms with Gasteiger partial charge in [-0.1, -0.05) is 298 Å². The van der Waals surface area contributed by atoms with Gasteiger partial charge in [0.15, 0.2) is 0 Å². The van der Waals surface area contributed by atoms with E-state index in [0.29, 0.717) is 13.3 Å². The minimum Gasteiger partial charge on any atom is -0.207 e. The molecule has 442 valence electrons. The van der Waals surface area contributed by atoms with Gasteiger partial charge in [0.05, 0.1) is 0 Å². The minimum absolute atomic E-state index is 0.0382. The van der Waals surface area contributed by atoms with Crippen molar-refractivity contribution in [1.29, 1.82) is 0 Å². The molecule has 0 saturated carbocycles. The van der Waals surface area contributed by atoms with Gasteiger partial charge in [-0.25, -0.2) is 8.78 Å². The largest absolute Gasteiger partial charge is 0.391 e. The summed E-state index contributed by atoms with van der Waals surface area (Å²) in [6.07, 6.45) is -2.04. The molecule has 0 rings (SSSR count). The second-order valence-corrected chi connectivity index (χ2v) is 18.9. The van der Waals surface area contributed by atoms with Crippen LogP contribution in [0.25, 0.3) is 0 Å². The van der Waals surface area contributed by atoms with Gasteiger partial charge >= 0.3 is 18.5 Å². The van der Waals surface area contributed by atoms with E-state index in [2.05, 4.69) is 118 Å². The monoisotopic (exact) mass is 1050 g/mol. The summed E-state index contributed by atoms with van der Waals surface area (Å²) in [5.74, 6) is -1.62. The number of unbranched alkanes of at least 4 members (excludes halogenated alkanes) is 7. The van der Waals surface area contributed by atoms with Crippen LogP contribution < -0.4 is 0 Å². The third kappa shape index (κ3) is 449. The van der Waals surface area contributed by atoms with Crippen LogP contribution in [0.4, 0.5) is 48.3 Å². The van der Waals surface area contributed by atoms with Crippen molar-refractivity contribution in [3.05, 3.63) is 0 Å². The summed E-state index contributed by atoms with van der Waals surface area (Å²) in [5.41, 5.74) is 0. The first-order valence-corrected chi connectivity index (χ1v) is 26.4. The average Bonchev–Trinajstić information content (AvgIpc) is 3.17. The first-order chi connectivity index (χ1) is 32.8. The minimum atomic E-state index is -4.73.